The number of aryl methyl sites for hydroxylation is 2. The van der Waals surface area contributed by atoms with Crippen molar-refractivity contribution in [1.29, 1.82) is 0 Å². The molecule has 0 fully saturated rings. The summed E-state index contributed by atoms with van der Waals surface area (Å²) in [6, 6.07) is 1.85. The molecule has 0 aliphatic heterocycles. The average Bonchev–Trinajstić information content (AvgIpc) is 2.64. The lowest BCUT2D eigenvalue weighted by molar-refractivity contribution is 0.765. The predicted octanol–water partition coefficient (Wildman–Crippen LogP) is 1.21. The summed E-state index contributed by atoms with van der Waals surface area (Å²) in [5, 5.41) is 4.26. The molecular weight excluding hydrogens is 202 g/mol. The van der Waals surface area contributed by atoms with Crippen LogP contribution in [0.1, 0.15) is 24.2 Å². The van der Waals surface area contributed by atoms with Crippen LogP contribution in [0.25, 0.3) is 11.5 Å². The lowest BCUT2D eigenvalue weighted by Gasteiger charge is -2.08. The molecule has 0 bridgehead atoms. The molecule has 0 aromatic carbocycles. The second-order valence-electron chi connectivity index (χ2n) is 3.90. The second kappa shape index (κ2) is 4.02. The summed E-state index contributed by atoms with van der Waals surface area (Å²) < 4.78 is 1.73. The number of nitrogens with zero attached hydrogens (tertiary/aromatic N) is 4. The van der Waals surface area contributed by atoms with Crippen LogP contribution in [0.4, 0.5) is 0 Å². The molecular formula is C11H15N5. The van der Waals surface area contributed by atoms with Crippen LogP contribution in [0.5, 0.6) is 0 Å². The first-order valence-corrected chi connectivity index (χ1v) is 5.17. The summed E-state index contributed by atoms with van der Waals surface area (Å²) in [5.41, 5.74) is 8.47. The molecule has 0 saturated carbocycles. The largest absolute Gasteiger partial charge is 0.324 e. The van der Waals surface area contributed by atoms with E-state index in [0.717, 1.165) is 17.0 Å². The summed E-state index contributed by atoms with van der Waals surface area (Å²) >= 11 is 0. The summed E-state index contributed by atoms with van der Waals surface area (Å²) in [5.74, 6) is 0.641. The first kappa shape index (κ1) is 10.8. The van der Waals surface area contributed by atoms with Crippen LogP contribution in [0.15, 0.2) is 18.5 Å². The van der Waals surface area contributed by atoms with Crippen molar-refractivity contribution < 1.29 is 0 Å². The van der Waals surface area contributed by atoms with Gasteiger partial charge in [0.25, 0.3) is 0 Å². The highest BCUT2D eigenvalue weighted by molar-refractivity contribution is 5.48. The number of aromatic nitrogens is 4. The Labute approximate surface area is 94.3 Å². The van der Waals surface area contributed by atoms with Gasteiger partial charge >= 0.3 is 0 Å². The molecule has 0 saturated heterocycles. The molecule has 2 aromatic rings. The van der Waals surface area contributed by atoms with E-state index in [2.05, 4.69) is 15.1 Å². The molecule has 0 aliphatic rings. The maximum atomic E-state index is 5.81. The molecule has 2 heterocycles. The molecule has 5 nitrogen and oxygen atoms in total. The highest BCUT2D eigenvalue weighted by Gasteiger charge is 2.09. The molecule has 0 radical (unpaired) electrons. The van der Waals surface area contributed by atoms with Crippen LogP contribution in [0.2, 0.25) is 0 Å². The van der Waals surface area contributed by atoms with E-state index in [1.807, 2.05) is 33.2 Å². The van der Waals surface area contributed by atoms with Crippen LogP contribution < -0.4 is 5.73 Å². The molecule has 2 aromatic heterocycles. The minimum atomic E-state index is -0.0437. The Morgan fingerprint density at radius 1 is 1.44 bits per heavy atom. The van der Waals surface area contributed by atoms with Crippen LogP contribution in [0, 0.1) is 6.92 Å². The zero-order valence-corrected chi connectivity index (χ0v) is 9.68. The third-order valence-corrected chi connectivity index (χ3v) is 2.45. The molecule has 84 valence electrons. The fourth-order valence-corrected chi connectivity index (χ4v) is 1.58. The molecule has 2 rings (SSSR count). The lowest BCUT2D eigenvalue weighted by Crippen LogP contribution is -2.09. The monoisotopic (exact) mass is 217 g/mol. The summed E-state index contributed by atoms with van der Waals surface area (Å²) in [7, 11) is 1.87. The van der Waals surface area contributed by atoms with E-state index in [0.29, 0.717) is 5.82 Å². The second-order valence-corrected chi connectivity index (χ2v) is 3.90. The van der Waals surface area contributed by atoms with Gasteiger partial charge in [0.2, 0.25) is 0 Å². The van der Waals surface area contributed by atoms with Gasteiger partial charge in [0.1, 0.15) is 5.69 Å². The lowest BCUT2D eigenvalue weighted by atomic mass is 10.1. The molecule has 5 heteroatoms. The van der Waals surface area contributed by atoms with Gasteiger partial charge in [-0.05, 0) is 19.9 Å². The fraction of sp³-hybridized carbons (Fsp3) is 0.364. The number of hydrogen-bond acceptors (Lipinski definition) is 4. The molecule has 0 spiro atoms. The van der Waals surface area contributed by atoms with E-state index in [1.54, 1.807) is 10.9 Å². The summed E-state index contributed by atoms with van der Waals surface area (Å²) in [6.45, 7) is 3.86. The molecule has 0 aliphatic carbocycles. The fourth-order valence-electron chi connectivity index (χ4n) is 1.58. The van der Waals surface area contributed by atoms with Gasteiger partial charge in [0.05, 0.1) is 0 Å². The molecule has 0 amide bonds. The SMILES string of the molecule is Cc1nc(-c2ccn(C)n2)ncc1C(C)N. The van der Waals surface area contributed by atoms with Gasteiger partial charge < -0.3 is 5.73 Å². The Balaban J connectivity index is 2.42. The smallest absolute Gasteiger partial charge is 0.180 e. The van der Waals surface area contributed by atoms with Crippen LogP contribution in [-0.4, -0.2) is 19.7 Å². The van der Waals surface area contributed by atoms with Crippen molar-refractivity contribution in [2.24, 2.45) is 12.8 Å². The molecule has 16 heavy (non-hydrogen) atoms. The Morgan fingerprint density at radius 3 is 2.69 bits per heavy atom. The zero-order chi connectivity index (χ0) is 11.7. The minimum Gasteiger partial charge on any atom is -0.324 e. The highest BCUT2D eigenvalue weighted by Crippen LogP contribution is 2.16. The van der Waals surface area contributed by atoms with Gasteiger partial charge in [-0.15, -0.1) is 0 Å². The van der Waals surface area contributed by atoms with Crippen LogP contribution >= 0.6 is 0 Å². The highest BCUT2D eigenvalue weighted by atomic mass is 15.3. The zero-order valence-electron chi connectivity index (χ0n) is 9.68. The topological polar surface area (TPSA) is 69.6 Å². The standard InChI is InChI=1S/C11H15N5/c1-7(12)9-6-13-11(14-8(9)2)10-4-5-16(3)15-10/h4-7H,12H2,1-3H3. The van der Waals surface area contributed by atoms with E-state index in [1.165, 1.54) is 0 Å². The van der Waals surface area contributed by atoms with Gasteiger partial charge in [0, 0.05) is 36.7 Å². The van der Waals surface area contributed by atoms with Crippen LogP contribution in [0.3, 0.4) is 0 Å². The van der Waals surface area contributed by atoms with E-state index < -0.39 is 0 Å². The van der Waals surface area contributed by atoms with E-state index in [9.17, 15) is 0 Å². The van der Waals surface area contributed by atoms with Crippen molar-refractivity contribution in [1.82, 2.24) is 19.7 Å². The minimum absolute atomic E-state index is 0.0437. The summed E-state index contributed by atoms with van der Waals surface area (Å²) in [6.07, 6.45) is 3.64. The number of nitrogens with two attached hydrogens (primary N) is 1. The van der Waals surface area contributed by atoms with Gasteiger partial charge in [0.15, 0.2) is 5.82 Å². The maximum absolute atomic E-state index is 5.81. The van der Waals surface area contributed by atoms with Crippen molar-refractivity contribution in [2.75, 3.05) is 0 Å². The van der Waals surface area contributed by atoms with Crippen molar-refractivity contribution in [2.45, 2.75) is 19.9 Å². The maximum Gasteiger partial charge on any atom is 0.180 e. The van der Waals surface area contributed by atoms with Gasteiger partial charge in [-0.3, -0.25) is 4.68 Å². The average molecular weight is 217 g/mol. The van der Waals surface area contributed by atoms with E-state index in [-0.39, 0.29) is 6.04 Å². The van der Waals surface area contributed by atoms with Crippen molar-refractivity contribution in [3.05, 3.63) is 29.7 Å². The van der Waals surface area contributed by atoms with E-state index >= 15 is 0 Å². The van der Waals surface area contributed by atoms with Gasteiger partial charge in [-0.25, -0.2) is 9.97 Å². The Morgan fingerprint density at radius 2 is 2.19 bits per heavy atom. The first-order valence-electron chi connectivity index (χ1n) is 5.17. The Hall–Kier alpha value is -1.75. The van der Waals surface area contributed by atoms with Gasteiger partial charge in [-0.2, -0.15) is 5.10 Å². The third-order valence-electron chi connectivity index (χ3n) is 2.45. The van der Waals surface area contributed by atoms with Crippen molar-refractivity contribution >= 4 is 0 Å². The first-order chi connectivity index (χ1) is 7.58. The molecule has 2 N–H and O–H groups in total. The summed E-state index contributed by atoms with van der Waals surface area (Å²) in [4.78, 5) is 8.69. The van der Waals surface area contributed by atoms with E-state index in [4.69, 9.17) is 5.73 Å². The Bertz CT molecular complexity index is 501. The molecule has 1 atom stereocenters. The third kappa shape index (κ3) is 1.94. The van der Waals surface area contributed by atoms with Crippen molar-refractivity contribution in [3.63, 3.8) is 0 Å². The number of rotatable bonds is 2. The Kier molecular flexibility index (Phi) is 2.70. The van der Waals surface area contributed by atoms with Gasteiger partial charge in [-0.1, -0.05) is 0 Å². The molecule has 1 unspecified atom stereocenters. The predicted molar refractivity (Wildman–Crippen MR) is 61.6 cm³/mol. The quantitative estimate of drug-likeness (QED) is 0.820. The van der Waals surface area contributed by atoms with Crippen LogP contribution in [-0.2, 0) is 7.05 Å². The normalized spacial score (nSPS) is 12.8. The number of hydrogen-bond donors (Lipinski definition) is 1. The van der Waals surface area contributed by atoms with Crippen molar-refractivity contribution in [3.8, 4) is 11.5 Å².